The van der Waals surface area contributed by atoms with Crippen molar-refractivity contribution in [1.82, 2.24) is 0 Å². The summed E-state index contributed by atoms with van der Waals surface area (Å²) in [7, 11) is 0. The number of carbonyl (C=O) groups is 1. The molecule has 17 heavy (non-hydrogen) atoms. The molecule has 0 radical (unpaired) electrons. The molecule has 0 aliphatic heterocycles. The molecule has 1 aromatic carbocycles. The minimum atomic E-state index is -1.17. The SMILES string of the molecule is Cc1cccc([N+](=O)[O-])c1CC(N)C(=O)O.Cl. The van der Waals surface area contributed by atoms with E-state index in [9.17, 15) is 14.9 Å². The Morgan fingerprint density at radius 1 is 1.59 bits per heavy atom. The Kier molecular flexibility index (Phi) is 5.57. The number of aryl methyl sites for hydroxylation is 1. The Bertz CT molecular complexity index is 436. The second kappa shape index (κ2) is 6.17. The summed E-state index contributed by atoms with van der Waals surface area (Å²) in [5.74, 6) is -1.17. The van der Waals surface area contributed by atoms with Gasteiger partial charge in [-0.2, -0.15) is 0 Å². The Hall–Kier alpha value is -1.66. The molecule has 0 aliphatic carbocycles. The van der Waals surface area contributed by atoms with Gasteiger partial charge in [-0.1, -0.05) is 12.1 Å². The molecule has 1 unspecified atom stereocenters. The lowest BCUT2D eigenvalue weighted by Crippen LogP contribution is -2.32. The van der Waals surface area contributed by atoms with Gasteiger partial charge >= 0.3 is 5.97 Å². The highest BCUT2D eigenvalue weighted by Gasteiger charge is 2.21. The van der Waals surface area contributed by atoms with E-state index in [1.807, 2.05) is 0 Å². The average Bonchev–Trinajstić information content (AvgIpc) is 2.20. The van der Waals surface area contributed by atoms with Gasteiger partial charge in [0.15, 0.2) is 0 Å². The van der Waals surface area contributed by atoms with Crippen LogP contribution >= 0.6 is 12.4 Å². The molecule has 0 fully saturated rings. The van der Waals surface area contributed by atoms with Gasteiger partial charge in [-0.25, -0.2) is 0 Å². The number of halogens is 1. The first-order valence-corrected chi connectivity index (χ1v) is 4.64. The van der Waals surface area contributed by atoms with Gasteiger partial charge in [0, 0.05) is 18.1 Å². The molecular formula is C10H13ClN2O4. The highest BCUT2D eigenvalue weighted by Crippen LogP contribution is 2.22. The summed E-state index contributed by atoms with van der Waals surface area (Å²) < 4.78 is 0. The van der Waals surface area contributed by atoms with Crippen LogP contribution in [0.5, 0.6) is 0 Å². The van der Waals surface area contributed by atoms with Crippen molar-refractivity contribution in [3.05, 3.63) is 39.4 Å². The maximum atomic E-state index is 10.7. The van der Waals surface area contributed by atoms with Gasteiger partial charge in [-0.3, -0.25) is 14.9 Å². The second-order valence-corrected chi connectivity index (χ2v) is 3.48. The number of nitrogens with two attached hydrogens (primary N) is 1. The van der Waals surface area contributed by atoms with Crippen molar-refractivity contribution >= 4 is 24.1 Å². The van der Waals surface area contributed by atoms with Crippen LogP contribution in [-0.2, 0) is 11.2 Å². The molecule has 1 atom stereocenters. The molecule has 94 valence electrons. The molecule has 1 rings (SSSR count). The molecule has 0 saturated heterocycles. The van der Waals surface area contributed by atoms with Crippen LogP contribution in [0.4, 0.5) is 5.69 Å². The summed E-state index contributed by atoms with van der Waals surface area (Å²) in [6.45, 7) is 1.69. The van der Waals surface area contributed by atoms with Gasteiger partial charge in [0.05, 0.1) is 4.92 Å². The van der Waals surface area contributed by atoms with Gasteiger partial charge in [0.2, 0.25) is 0 Å². The zero-order valence-electron chi connectivity index (χ0n) is 9.12. The summed E-state index contributed by atoms with van der Waals surface area (Å²) >= 11 is 0. The number of hydrogen-bond acceptors (Lipinski definition) is 4. The number of carboxylic acid groups (broad SMARTS) is 1. The first-order chi connectivity index (χ1) is 7.43. The van der Waals surface area contributed by atoms with Crippen LogP contribution in [-0.4, -0.2) is 22.0 Å². The lowest BCUT2D eigenvalue weighted by atomic mass is 9.99. The smallest absolute Gasteiger partial charge is 0.320 e. The molecule has 0 bridgehead atoms. The number of nitro benzene ring substituents is 1. The van der Waals surface area contributed by atoms with Gasteiger partial charge in [0.1, 0.15) is 6.04 Å². The quantitative estimate of drug-likeness (QED) is 0.626. The largest absolute Gasteiger partial charge is 0.480 e. The van der Waals surface area contributed by atoms with Crippen molar-refractivity contribution in [2.24, 2.45) is 5.73 Å². The predicted octanol–water partition coefficient (Wildman–Crippen LogP) is 1.28. The first-order valence-electron chi connectivity index (χ1n) is 4.64. The molecule has 0 saturated carbocycles. The van der Waals surface area contributed by atoms with Crippen molar-refractivity contribution in [1.29, 1.82) is 0 Å². The Morgan fingerprint density at radius 2 is 2.18 bits per heavy atom. The van der Waals surface area contributed by atoms with Crippen LogP contribution in [0.15, 0.2) is 18.2 Å². The summed E-state index contributed by atoms with van der Waals surface area (Å²) in [5.41, 5.74) is 6.33. The van der Waals surface area contributed by atoms with Crippen molar-refractivity contribution in [3.63, 3.8) is 0 Å². The minimum Gasteiger partial charge on any atom is -0.480 e. The van der Waals surface area contributed by atoms with Gasteiger partial charge in [-0.05, 0) is 12.5 Å². The van der Waals surface area contributed by atoms with Crippen molar-refractivity contribution < 1.29 is 14.8 Å². The number of aliphatic carboxylic acids is 1. The fraction of sp³-hybridized carbons (Fsp3) is 0.300. The zero-order valence-corrected chi connectivity index (χ0v) is 9.94. The molecular weight excluding hydrogens is 248 g/mol. The number of rotatable bonds is 4. The van der Waals surface area contributed by atoms with E-state index in [0.717, 1.165) is 0 Å². The zero-order chi connectivity index (χ0) is 12.3. The fourth-order valence-corrected chi connectivity index (χ4v) is 1.43. The molecule has 6 nitrogen and oxygen atoms in total. The Labute approximate surface area is 104 Å². The average molecular weight is 261 g/mol. The maximum Gasteiger partial charge on any atom is 0.320 e. The van der Waals surface area contributed by atoms with Crippen molar-refractivity contribution in [3.8, 4) is 0 Å². The molecule has 3 N–H and O–H groups in total. The second-order valence-electron chi connectivity index (χ2n) is 3.48. The van der Waals surface area contributed by atoms with Gasteiger partial charge in [-0.15, -0.1) is 12.4 Å². The highest BCUT2D eigenvalue weighted by molar-refractivity contribution is 5.85. The van der Waals surface area contributed by atoms with Crippen molar-refractivity contribution in [2.75, 3.05) is 0 Å². The van der Waals surface area contributed by atoms with E-state index in [2.05, 4.69) is 0 Å². The van der Waals surface area contributed by atoms with E-state index >= 15 is 0 Å². The molecule has 0 heterocycles. The number of carboxylic acids is 1. The highest BCUT2D eigenvalue weighted by atomic mass is 35.5. The third kappa shape index (κ3) is 3.69. The number of hydrogen-bond donors (Lipinski definition) is 2. The topological polar surface area (TPSA) is 106 Å². The third-order valence-corrected chi connectivity index (χ3v) is 2.32. The monoisotopic (exact) mass is 260 g/mol. The number of benzene rings is 1. The van der Waals surface area contributed by atoms with E-state index in [1.165, 1.54) is 6.07 Å². The Morgan fingerprint density at radius 3 is 2.65 bits per heavy atom. The molecule has 7 heteroatoms. The molecule has 0 aliphatic rings. The minimum absolute atomic E-state index is 0. The lowest BCUT2D eigenvalue weighted by molar-refractivity contribution is -0.385. The van der Waals surface area contributed by atoms with Gasteiger partial charge < -0.3 is 10.8 Å². The van der Waals surface area contributed by atoms with E-state index in [-0.39, 0.29) is 24.5 Å². The van der Waals surface area contributed by atoms with E-state index < -0.39 is 16.9 Å². The summed E-state index contributed by atoms with van der Waals surface area (Å²) in [4.78, 5) is 20.8. The van der Waals surface area contributed by atoms with E-state index in [1.54, 1.807) is 19.1 Å². The fourth-order valence-electron chi connectivity index (χ4n) is 1.43. The molecule has 0 aromatic heterocycles. The predicted molar refractivity (Wildman–Crippen MR) is 64.4 cm³/mol. The van der Waals surface area contributed by atoms with Crippen LogP contribution < -0.4 is 5.73 Å². The molecule has 0 amide bonds. The summed E-state index contributed by atoms with van der Waals surface area (Å²) in [6.07, 6.45) is -0.0433. The van der Waals surface area contributed by atoms with Crippen LogP contribution in [0.1, 0.15) is 11.1 Å². The van der Waals surface area contributed by atoms with Crippen LogP contribution in [0.3, 0.4) is 0 Å². The maximum absolute atomic E-state index is 10.7. The van der Waals surface area contributed by atoms with E-state index in [4.69, 9.17) is 10.8 Å². The summed E-state index contributed by atoms with van der Waals surface area (Å²) in [6, 6.07) is 3.47. The number of nitrogens with zero attached hydrogens (tertiary/aromatic N) is 1. The van der Waals surface area contributed by atoms with Crippen molar-refractivity contribution in [2.45, 2.75) is 19.4 Å². The third-order valence-electron chi connectivity index (χ3n) is 2.32. The normalized spacial score (nSPS) is 11.4. The first kappa shape index (κ1) is 15.3. The van der Waals surface area contributed by atoms with Crippen LogP contribution in [0.25, 0.3) is 0 Å². The standard InChI is InChI=1S/C10H12N2O4.ClH/c1-6-3-2-4-9(12(15)16)7(6)5-8(11)10(13)14;/h2-4,8H,5,11H2,1H3,(H,13,14);1H. The lowest BCUT2D eigenvalue weighted by Gasteiger charge is -2.09. The van der Waals surface area contributed by atoms with E-state index in [0.29, 0.717) is 11.1 Å². The van der Waals surface area contributed by atoms with Gasteiger partial charge in [0.25, 0.3) is 5.69 Å². The Balaban J connectivity index is 0.00000256. The number of nitro groups is 1. The molecule has 0 spiro atoms. The molecule has 1 aromatic rings. The summed E-state index contributed by atoms with van der Waals surface area (Å²) in [5, 5.41) is 19.4. The van der Waals surface area contributed by atoms with Crippen LogP contribution in [0, 0.1) is 17.0 Å². The van der Waals surface area contributed by atoms with Crippen LogP contribution in [0.2, 0.25) is 0 Å².